The molecule has 3 aromatic rings. The van der Waals surface area contributed by atoms with Crippen molar-refractivity contribution in [2.45, 2.75) is 19.4 Å². The van der Waals surface area contributed by atoms with E-state index < -0.39 is 36.0 Å². The lowest BCUT2D eigenvalue weighted by Crippen LogP contribution is -2.49. The molecule has 34 heavy (non-hydrogen) atoms. The van der Waals surface area contributed by atoms with Crippen LogP contribution in [0.2, 0.25) is 5.02 Å². The molecule has 1 aromatic heterocycles. The van der Waals surface area contributed by atoms with Crippen molar-refractivity contribution in [2.75, 3.05) is 6.61 Å². The molecular weight excluding hydrogens is 464 g/mol. The number of rotatable bonds is 6. The average molecular weight is 483 g/mol. The fourth-order valence-corrected chi connectivity index (χ4v) is 3.74. The van der Waals surface area contributed by atoms with Gasteiger partial charge >= 0.3 is 12.0 Å². The zero-order chi connectivity index (χ0) is 24.5. The molecule has 2 aromatic carbocycles. The molecule has 1 saturated heterocycles. The zero-order valence-corrected chi connectivity index (χ0v) is 18.9. The van der Waals surface area contributed by atoms with E-state index >= 15 is 0 Å². The van der Waals surface area contributed by atoms with Crippen LogP contribution < -0.4 is 10.7 Å². The van der Waals surface area contributed by atoms with E-state index in [9.17, 15) is 19.2 Å². The van der Waals surface area contributed by atoms with Gasteiger partial charge in [0.2, 0.25) is 0 Å². The van der Waals surface area contributed by atoms with E-state index in [2.05, 4.69) is 15.9 Å². The molecule has 4 amide bonds. The number of nitrogens with one attached hydrogen (secondary N) is 2. The topological polar surface area (TPSA) is 131 Å². The zero-order valence-electron chi connectivity index (χ0n) is 18.1. The summed E-state index contributed by atoms with van der Waals surface area (Å²) in [6.45, 7) is 2.28. The van der Waals surface area contributed by atoms with Gasteiger partial charge in [-0.25, -0.2) is 9.59 Å². The highest BCUT2D eigenvalue weighted by molar-refractivity contribution is 6.33. The minimum Gasteiger partial charge on any atom is -0.452 e. The van der Waals surface area contributed by atoms with Crippen molar-refractivity contribution >= 4 is 35.4 Å². The van der Waals surface area contributed by atoms with Crippen LogP contribution in [-0.4, -0.2) is 40.6 Å². The summed E-state index contributed by atoms with van der Waals surface area (Å²) < 4.78 is 10.2. The van der Waals surface area contributed by atoms with Gasteiger partial charge in [-0.2, -0.15) is 5.01 Å². The largest absolute Gasteiger partial charge is 0.452 e. The number of nitrogens with zero attached hydrogens (tertiary/aromatic N) is 2. The predicted octanol–water partition coefficient (Wildman–Crippen LogP) is 2.96. The van der Waals surface area contributed by atoms with Crippen molar-refractivity contribution in [3.8, 4) is 11.3 Å². The molecule has 0 radical (unpaired) electrons. The molecule has 1 atom stereocenters. The first-order valence-electron chi connectivity index (χ1n) is 10.1. The summed E-state index contributed by atoms with van der Waals surface area (Å²) in [5.74, 6) is -2.27. The van der Waals surface area contributed by atoms with Crippen LogP contribution in [0, 0.1) is 6.92 Å². The number of esters is 1. The summed E-state index contributed by atoms with van der Waals surface area (Å²) in [5, 5.41) is 7.34. The van der Waals surface area contributed by atoms with Gasteiger partial charge in [-0.1, -0.05) is 65.3 Å². The molecular formula is C23H19ClN4O6. The highest BCUT2D eigenvalue weighted by atomic mass is 35.5. The number of urea groups is 1. The second-order valence-electron chi connectivity index (χ2n) is 7.62. The fourth-order valence-electron chi connectivity index (χ4n) is 3.52. The summed E-state index contributed by atoms with van der Waals surface area (Å²) in [7, 11) is 0. The summed E-state index contributed by atoms with van der Waals surface area (Å²) in [6, 6.07) is 14.5. The number of carbonyl (C=O) groups excluding carboxylic acids is 4. The molecule has 1 aliphatic heterocycles. The molecule has 2 heterocycles. The molecule has 2 N–H and O–H groups in total. The van der Waals surface area contributed by atoms with Crippen molar-refractivity contribution in [3.05, 3.63) is 76.5 Å². The minimum absolute atomic E-state index is 0.00699. The molecule has 10 nitrogen and oxygen atoms in total. The number of amides is 4. The number of benzene rings is 2. The van der Waals surface area contributed by atoms with Crippen LogP contribution >= 0.6 is 11.6 Å². The van der Waals surface area contributed by atoms with Crippen molar-refractivity contribution < 1.29 is 28.4 Å². The number of hydrogen-bond donors (Lipinski definition) is 2. The molecule has 0 saturated carbocycles. The van der Waals surface area contributed by atoms with Crippen LogP contribution in [-0.2, 0) is 19.9 Å². The van der Waals surface area contributed by atoms with Gasteiger partial charge in [0.1, 0.15) is 22.6 Å². The van der Waals surface area contributed by atoms with E-state index in [4.69, 9.17) is 20.9 Å². The fraction of sp³-hybridized carbons (Fsp3) is 0.174. The quantitative estimate of drug-likeness (QED) is 0.408. The van der Waals surface area contributed by atoms with Crippen LogP contribution in [0.5, 0.6) is 0 Å². The molecule has 4 rings (SSSR count). The lowest BCUT2D eigenvalue weighted by atomic mass is 9.92. The number of imide groups is 1. The van der Waals surface area contributed by atoms with Crippen LogP contribution in [0.25, 0.3) is 11.3 Å². The number of ether oxygens (including phenoxy) is 1. The van der Waals surface area contributed by atoms with Gasteiger partial charge in [0, 0.05) is 5.56 Å². The Morgan fingerprint density at radius 2 is 1.82 bits per heavy atom. The Labute approximate surface area is 198 Å². The third-order valence-corrected chi connectivity index (χ3v) is 5.64. The van der Waals surface area contributed by atoms with Crippen LogP contribution in [0.3, 0.4) is 0 Å². The highest BCUT2D eigenvalue weighted by Crippen LogP contribution is 2.31. The second kappa shape index (κ2) is 8.99. The Bertz CT molecular complexity index is 1290. The van der Waals surface area contributed by atoms with Gasteiger partial charge < -0.3 is 14.6 Å². The second-order valence-corrected chi connectivity index (χ2v) is 8.02. The van der Waals surface area contributed by atoms with E-state index in [-0.39, 0.29) is 17.0 Å². The van der Waals surface area contributed by atoms with Crippen molar-refractivity contribution in [1.82, 2.24) is 20.9 Å². The third kappa shape index (κ3) is 4.11. The third-order valence-electron chi connectivity index (χ3n) is 5.31. The van der Waals surface area contributed by atoms with Gasteiger partial charge in [0.25, 0.3) is 11.8 Å². The number of aryl methyl sites for hydroxylation is 1. The maximum absolute atomic E-state index is 12.9. The number of hydrazine groups is 1. The van der Waals surface area contributed by atoms with Gasteiger partial charge in [0.05, 0.1) is 5.02 Å². The van der Waals surface area contributed by atoms with Crippen LogP contribution in [0.1, 0.15) is 28.6 Å². The van der Waals surface area contributed by atoms with E-state index in [1.807, 2.05) is 0 Å². The Balaban J connectivity index is 1.43. The number of halogens is 1. The molecule has 0 aliphatic carbocycles. The van der Waals surface area contributed by atoms with E-state index in [0.29, 0.717) is 21.2 Å². The van der Waals surface area contributed by atoms with Gasteiger partial charge in [-0.15, -0.1) is 0 Å². The summed E-state index contributed by atoms with van der Waals surface area (Å²) in [5.41, 5.74) is 1.99. The average Bonchev–Trinajstić information content (AvgIpc) is 3.31. The Hall–Kier alpha value is -4.18. The van der Waals surface area contributed by atoms with E-state index in [1.54, 1.807) is 54.6 Å². The van der Waals surface area contributed by atoms with Crippen molar-refractivity contribution in [1.29, 1.82) is 0 Å². The summed E-state index contributed by atoms with van der Waals surface area (Å²) in [4.78, 5) is 50.3. The maximum Gasteiger partial charge on any atom is 0.344 e. The molecule has 1 aliphatic rings. The Morgan fingerprint density at radius 3 is 2.53 bits per heavy atom. The standard InChI is InChI=1S/C23H19ClN4O6/c1-13-18(19(27-34-13)15-10-6-7-11-16(15)24)20(30)33-12-17(29)26-28-21(31)23(2,25-22(28)32)14-8-4-3-5-9-14/h3-11H,12H2,1-2H3,(H,25,32)(H,26,29)/t23-/m1/s1. The van der Waals surface area contributed by atoms with Crippen LogP contribution in [0.15, 0.2) is 59.1 Å². The molecule has 174 valence electrons. The SMILES string of the molecule is Cc1onc(-c2ccccc2Cl)c1C(=O)OCC(=O)NN1C(=O)N[C@](C)(c2ccccc2)C1=O. The number of carbonyl (C=O) groups is 4. The van der Waals surface area contributed by atoms with Gasteiger partial charge in [0.15, 0.2) is 6.61 Å². The lowest BCUT2D eigenvalue weighted by Gasteiger charge is -2.22. The number of hydrogen-bond acceptors (Lipinski definition) is 7. The van der Waals surface area contributed by atoms with Crippen molar-refractivity contribution in [2.24, 2.45) is 0 Å². The first-order chi connectivity index (χ1) is 16.2. The monoisotopic (exact) mass is 482 g/mol. The maximum atomic E-state index is 12.9. The first-order valence-corrected chi connectivity index (χ1v) is 10.5. The van der Waals surface area contributed by atoms with Gasteiger partial charge in [-0.3, -0.25) is 15.0 Å². The first kappa shape index (κ1) is 23.0. The minimum atomic E-state index is -1.36. The summed E-state index contributed by atoms with van der Waals surface area (Å²) in [6.07, 6.45) is 0. The normalized spacial score (nSPS) is 17.4. The predicted molar refractivity (Wildman–Crippen MR) is 119 cm³/mol. The molecule has 0 unspecified atom stereocenters. The van der Waals surface area contributed by atoms with Gasteiger partial charge in [-0.05, 0) is 25.5 Å². The Kier molecular flexibility index (Phi) is 6.08. The number of aromatic nitrogens is 1. The molecule has 1 fully saturated rings. The summed E-state index contributed by atoms with van der Waals surface area (Å²) >= 11 is 6.19. The highest BCUT2D eigenvalue weighted by Gasteiger charge is 2.50. The van der Waals surface area contributed by atoms with Crippen LogP contribution in [0.4, 0.5) is 4.79 Å². The molecule has 0 bridgehead atoms. The molecule has 0 spiro atoms. The smallest absolute Gasteiger partial charge is 0.344 e. The van der Waals surface area contributed by atoms with E-state index in [1.165, 1.54) is 13.8 Å². The lowest BCUT2D eigenvalue weighted by molar-refractivity contribution is -0.140. The Morgan fingerprint density at radius 1 is 1.15 bits per heavy atom. The molecule has 11 heteroatoms. The van der Waals surface area contributed by atoms with E-state index in [0.717, 1.165) is 0 Å². The van der Waals surface area contributed by atoms with Crippen molar-refractivity contribution in [3.63, 3.8) is 0 Å².